The van der Waals surface area contributed by atoms with Crippen LogP contribution in [0.4, 0.5) is 0 Å². The molecule has 2 rings (SSSR count). The van der Waals surface area contributed by atoms with Gasteiger partial charge in [-0.25, -0.2) is 4.79 Å². The number of carbonyl (C=O) groups excluding carboxylic acids is 1. The van der Waals surface area contributed by atoms with Crippen LogP contribution < -0.4 is 0 Å². The van der Waals surface area contributed by atoms with Crippen molar-refractivity contribution >= 4 is 5.97 Å². The minimum Gasteiger partial charge on any atom is -0.472 e. The maximum absolute atomic E-state index is 11.3. The van der Waals surface area contributed by atoms with E-state index in [1.54, 1.807) is 31.6 Å². The lowest BCUT2D eigenvalue weighted by Gasteiger charge is -1.95. The Morgan fingerprint density at radius 1 is 1.67 bits per heavy atom. The van der Waals surface area contributed by atoms with Gasteiger partial charge in [0.1, 0.15) is 5.69 Å². The molecule has 5 nitrogen and oxygen atoms in total. The Bertz CT molecular complexity index is 445. The van der Waals surface area contributed by atoms with Gasteiger partial charge in [-0.15, -0.1) is 0 Å². The molecular weight excluding hydrogens is 196 g/mol. The zero-order valence-electron chi connectivity index (χ0n) is 8.19. The topological polar surface area (TPSA) is 68.1 Å². The van der Waals surface area contributed by atoms with Crippen molar-refractivity contribution < 1.29 is 13.9 Å². The summed E-state index contributed by atoms with van der Waals surface area (Å²) in [5, 5.41) is 6.59. The van der Waals surface area contributed by atoms with Crippen LogP contribution in [0.1, 0.15) is 17.4 Å². The van der Waals surface area contributed by atoms with Gasteiger partial charge < -0.3 is 9.15 Å². The lowest BCUT2D eigenvalue weighted by molar-refractivity contribution is 0.0519. The highest BCUT2D eigenvalue weighted by Gasteiger charge is 2.11. The molecule has 0 aliphatic rings. The van der Waals surface area contributed by atoms with E-state index in [4.69, 9.17) is 9.15 Å². The van der Waals surface area contributed by atoms with Crippen LogP contribution in [0.2, 0.25) is 0 Å². The molecule has 0 aliphatic heterocycles. The normalized spacial score (nSPS) is 10.2. The Kier molecular flexibility index (Phi) is 2.53. The first kappa shape index (κ1) is 9.51. The van der Waals surface area contributed by atoms with Crippen molar-refractivity contribution in [1.82, 2.24) is 10.2 Å². The summed E-state index contributed by atoms with van der Waals surface area (Å²) in [5.41, 5.74) is 1.82. The summed E-state index contributed by atoms with van der Waals surface area (Å²) >= 11 is 0. The Morgan fingerprint density at radius 2 is 2.53 bits per heavy atom. The van der Waals surface area contributed by atoms with E-state index >= 15 is 0 Å². The third-order valence-corrected chi connectivity index (χ3v) is 1.89. The van der Waals surface area contributed by atoms with Crippen LogP contribution in [-0.2, 0) is 4.74 Å². The van der Waals surface area contributed by atoms with Crippen molar-refractivity contribution in [2.45, 2.75) is 6.92 Å². The highest BCUT2D eigenvalue weighted by Crippen LogP contribution is 2.17. The van der Waals surface area contributed by atoms with Crippen LogP contribution >= 0.6 is 0 Å². The molecular formula is C10H10N2O3. The average molecular weight is 206 g/mol. The molecule has 78 valence electrons. The van der Waals surface area contributed by atoms with Crippen LogP contribution in [0.3, 0.4) is 0 Å². The van der Waals surface area contributed by atoms with Crippen molar-refractivity contribution in [2.24, 2.45) is 0 Å². The molecule has 15 heavy (non-hydrogen) atoms. The highest BCUT2D eigenvalue weighted by molar-refractivity contribution is 5.88. The quantitative estimate of drug-likeness (QED) is 0.778. The number of aromatic amines is 1. The number of ether oxygens (including phenoxy) is 1. The third kappa shape index (κ3) is 1.90. The van der Waals surface area contributed by atoms with E-state index in [2.05, 4.69) is 10.2 Å². The summed E-state index contributed by atoms with van der Waals surface area (Å²) < 4.78 is 9.74. The number of hydrogen-bond acceptors (Lipinski definition) is 4. The summed E-state index contributed by atoms with van der Waals surface area (Å²) in [6, 6.07) is 3.40. The van der Waals surface area contributed by atoms with Gasteiger partial charge in [0.05, 0.1) is 24.8 Å². The second-order valence-corrected chi connectivity index (χ2v) is 2.90. The van der Waals surface area contributed by atoms with E-state index in [0.717, 1.165) is 5.56 Å². The standard InChI is InChI=1S/C10H10N2O3/c1-2-15-10(13)9-5-8(11-12-9)7-3-4-14-6-7/h3-6H,2H2,1H3,(H,11,12). The second kappa shape index (κ2) is 4.00. The van der Waals surface area contributed by atoms with Crippen LogP contribution in [0.25, 0.3) is 11.3 Å². The monoisotopic (exact) mass is 206 g/mol. The number of furan rings is 1. The van der Waals surface area contributed by atoms with Crippen LogP contribution in [-0.4, -0.2) is 22.8 Å². The number of aromatic nitrogens is 2. The predicted molar refractivity (Wildman–Crippen MR) is 52.2 cm³/mol. The van der Waals surface area contributed by atoms with E-state index < -0.39 is 5.97 Å². The van der Waals surface area contributed by atoms with Gasteiger partial charge in [-0.1, -0.05) is 0 Å². The summed E-state index contributed by atoms with van der Waals surface area (Å²) in [6.45, 7) is 2.10. The average Bonchev–Trinajstić information content (AvgIpc) is 2.89. The van der Waals surface area contributed by atoms with E-state index in [9.17, 15) is 4.79 Å². The SMILES string of the molecule is CCOC(=O)c1cc(-c2ccoc2)n[nH]1. The molecule has 0 aliphatic carbocycles. The maximum Gasteiger partial charge on any atom is 0.356 e. The smallest absolute Gasteiger partial charge is 0.356 e. The largest absolute Gasteiger partial charge is 0.472 e. The van der Waals surface area contributed by atoms with E-state index in [-0.39, 0.29) is 0 Å². The van der Waals surface area contributed by atoms with E-state index in [1.807, 2.05) is 0 Å². The van der Waals surface area contributed by atoms with Crippen molar-refractivity contribution in [1.29, 1.82) is 0 Å². The molecule has 0 spiro atoms. The molecule has 0 aromatic carbocycles. The van der Waals surface area contributed by atoms with Gasteiger partial charge in [-0.3, -0.25) is 5.10 Å². The number of nitrogens with zero attached hydrogens (tertiary/aromatic N) is 1. The van der Waals surface area contributed by atoms with Gasteiger partial charge in [-0.05, 0) is 19.1 Å². The Morgan fingerprint density at radius 3 is 3.20 bits per heavy atom. The lowest BCUT2D eigenvalue weighted by Crippen LogP contribution is -2.04. The van der Waals surface area contributed by atoms with Crippen molar-refractivity contribution in [3.8, 4) is 11.3 Å². The molecule has 0 saturated carbocycles. The summed E-state index contributed by atoms with van der Waals surface area (Å²) in [7, 11) is 0. The molecule has 0 radical (unpaired) electrons. The zero-order valence-corrected chi connectivity index (χ0v) is 8.19. The first-order chi connectivity index (χ1) is 7.31. The number of hydrogen-bond donors (Lipinski definition) is 1. The Balaban J connectivity index is 2.21. The van der Waals surface area contributed by atoms with Crippen LogP contribution in [0.15, 0.2) is 29.1 Å². The van der Waals surface area contributed by atoms with Crippen LogP contribution in [0.5, 0.6) is 0 Å². The minimum atomic E-state index is -0.403. The van der Waals surface area contributed by atoms with E-state index in [0.29, 0.717) is 18.0 Å². The van der Waals surface area contributed by atoms with Gasteiger partial charge in [0.2, 0.25) is 0 Å². The predicted octanol–water partition coefficient (Wildman–Crippen LogP) is 1.85. The molecule has 2 aromatic rings. The summed E-state index contributed by atoms with van der Waals surface area (Å²) in [6.07, 6.45) is 3.11. The first-order valence-electron chi connectivity index (χ1n) is 4.56. The number of rotatable bonds is 3. The fourth-order valence-electron chi connectivity index (χ4n) is 1.19. The minimum absolute atomic E-state index is 0.341. The molecule has 2 heterocycles. The van der Waals surface area contributed by atoms with Crippen molar-refractivity contribution in [3.63, 3.8) is 0 Å². The highest BCUT2D eigenvalue weighted by atomic mass is 16.5. The summed E-state index contributed by atoms with van der Waals surface area (Å²) in [5.74, 6) is -0.403. The van der Waals surface area contributed by atoms with Gasteiger partial charge >= 0.3 is 5.97 Å². The molecule has 5 heteroatoms. The fourth-order valence-corrected chi connectivity index (χ4v) is 1.19. The fraction of sp³-hybridized carbons (Fsp3) is 0.200. The number of H-pyrrole nitrogens is 1. The molecule has 0 unspecified atom stereocenters. The van der Waals surface area contributed by atoms with Gasteiger partial charge in [0.15, 0.2) is 0 Å². The maximum atomic E-state index is 11.3. The summed E-state index contributed by atoms with van der Waals surface area (Å²) in [4.78, 5) is 11.3. The van der Waals surface area contributed by atoms with Gasteiger partial charge in [0, 0.05) is 5.56 Å². The number of nitrogens with one attached hydrogen (secondary N) is 1. The van der Waals surface area contributed by atoms with E-state index in [1.165, 1.54) is 0 Å². The molecule has 0 saturated heterocycles. The van der Waals surface area contributed by atoms with Crippen molar-refractivity contribution in [2.75, 3.05) is 6.61 Å². The third-order valence-electron chi connectivity index (χ3n) is 1.89. The van der Waals surface area contributed by atoms with Gasteiger partial charge in [0.25, 0.3) is 0 Å². The molecule has 1 N–H and O–H groups in total. The molecule has 0 bridgehead atoms. The second-order valence-electron chi connectivity index (χ2n) is 2.90. The molecule has 2 aromatic heterocycles. The molecule has 0 fully saturated rings. The zero-order chi connectivity index (χ0) is 10.7. The van der Waals surface area contributed by atoms with Crippen LogP contribution in [0, 0.1) is 0 Å². The Hall–Kier alpha value is -2.04. The number of carbonyl (C=O) groups is 1. The first-order valence-corrected chi connectivity index (χ1v) is 4.56. The van der Waals surface area contributed by atoms with Gasteiger partial charge in [-0.2, -0.15) is 5.10 Å². The van der Waals surface area contributed by atoms with Crippen molar-refractivity contribution in [3.05, 3.63) is 30.4 Å². The number of esters is 1. The Labute approximate surface area is 86.0 Å². The molecule has 0 amide bonds. The molecule has 0 atom stereocenters. The lowest BCUT2D eigenvalue weighted by atomic mass is 10.2.